The number of rotatable bonds is 6. The van der Waals surface area contributed by atoms with E-state index in [-0.39, 0.29) is 17.0 Å². The van der Waals surface area contributed by atoms with Crippen LogP contribution in [0.25, 0.3) is 0 Å². The molecule has 1 nitrogen and oxygen atoms in total. The van der Waals surface area contributed by atoms with Gasteiger partial charge in [-0.25, -0.2) is 13.2 Å². The minimum Gasteiger partial charge on any atom is -0.310 e. The largest absolute Gasteiger partial charge is 0.310 e. The van der Waals surface area contributed by atoms with Crippen molar-refractivity contribution in [2.75, 3.05) is 6.54 Å². The first-order valence-electron chi connectivity index (χ1n) is 7.52. The van der Waals surface area contributed by atoms with E-state index in [1.807, 2.05) is 6.92 Å². The standard InChI is InChI=1S/C17H26F3N/c1-6-21-16(7-11(2)10-17(3,4)5)12-8-14(19)15(20)9-13(12)18/h8-9,11,16,21H,6-7,10H2,1-5H3. The van der Waals surface area contributed by atoms with Crippen LogP contribution in [0.15, 0.2) is 12.1 Å². The molecule has 0 aliphatic carbocycles. The van der Waals surface area contributed by atoms with Gasteiger partial charge in [-0.05, 0) is 36.8 Å². The van der Waals surface area contributed by atoms with Gasteiger partial charge in [0.2, 0.25) is 0 Å². The molecular formula is C17H26F3N. The Bertz CT molecular complexity index is 466. The van der Waals surface area contributed by atoms with Gasteiger partial charge in [0.1, 0.15) is 5.82 Å². The average molecular weight is 301 g/mol. The van der Waals surface area contributed by atoms with Crippen LogP contribution in [-0.2, 0) is 0 Å². The first kappa shape index (κ1) is 18.0. The fourth-order valence-corrected chi connectivity index (χ4v) is 2.90. The van der Waals surface area contributed by atoms with Gasteiger partial charge < -0.3 is 5.32 Å². The van der Waals surface area contributed by atoms with Crippen LogP contribution in [0.2, 0.25) is 0 Å². The Morgan fingerprint density at radius 1 is 1.05 bits per heavy atom. The zero-order valence-corrected chi connectivity index (χ0v) is 13.6. The summed E-state index contributed by atoms with van der Waals surface area (Å²) in [6.07, 6.45) is 1.67. The lowest BCUT2D eigenvalue weighted by molar-refractivity contribution is 0.274. The molecule has 2 atom stereocenters. The molecule has 4 heteroatoms. The molecule has 1 aromatic carbocycles. The summed E-state index contributed by atoms with van der Waals surface area (Å²) in [7, 11) is 0. The molecule has 0 bridgehead atoms. The molecule has 21 heavy (non-hydrogen) atoms. The van der Waals surface area contributed by atoms with Crippen LogP contribution in [0.3, 0.4) is 0 Å². The van der Waals surface area contributed by atoms with E-state index in [0.29, 0.717) is 24.9 Å². The van der Waals surface area contributed by atoms with Crippen molar-refractivity contribution >= 4 is 0 Å². The molecule has 1 N–H and O–H groups in total. The van der Waals surface area contributed by atoms with Crippen LogP contribution in [0.5, 0.6) is 0 Å². The number of nitrogens with one attached hydrogen (secondary N) is 1. The quantitative estimate of drug-likeness (QED) is 0.711. The van der Waals surface area contributed by atoms with Gasteiger partial charge in [0, 0.05) is 17.7 Å². The predicted octanol–water partition coefficient (Wildman–Crippen LogP) is 5.22. The highest BCUT2D eigenvalue weighted by molar-refractivity contribution is 5.23. The maximum absolute atomic E-state index is 13.9. The van der Waals surface area contributed by atoms with E-state index in [9.17, 15) is 13.2 Å². The Hall–Kier alpha value is -1.03. The molecule has 0 radical (unpaired) electrons. The lowest BCUT2D eigenvalue weighted by Gasteiger charge is -2.27. The highest BCUT2D eigenvalue weighted by atomic mass is 19.2. The summed E-state index contributed by atoms with van der Waals surface area (Å²) in [4.78, 5) is 0. The van der Waals surface area contributed by atoms with Crippen LogP contribution in [0.1, 0.15) is 59.1 Å². The van der Waals surface area contributed by atoms with Crippen molar-refractivity contribution < 1.29 is 13.2 Å². The molecule has 1 aromatic rings. The highest BCUT2D eigenvalue weighted by Crippen LogP contribution is 2.32. The van der Waals surface area contributed by atoms with Gasteiger partial charge in [0.25, 0.3) is 0 Å². The van der Waals surface area contributed by atoms with Gasteiger partial charge in [-0.15, -0.1) is 0 Å². The SMILES string of the molecule is CCNC(CC(C)CC(C)(C)C)c1cc(F)c(F)cc1F. The molecule has 0 fully saturated rings. The van der Waals surface area contributed by atoms with E-state index < -0.39 is 17.5 Å². The maximum Gasteiger partial charge on any atom is 0.161 e. The van der Waals surface area contributed by atoms with E-state index >= 15 is 0 Å². The third kappa shape index (κ3) is 5.70. The van der Waals surface area contributed by atoms with Gasteiger partial charge in [-0.2, -0.15) is 0 Å². The van der Waals surface area contributed by atoms with Crippen LogP contribution < -0.4 is 5.32 Å². The van der Waals surface area contributed by atoms with Crippen molar-refractivity contribution in [3.8, 4) is 0 Å². The molecule has 0 amide bonds. The molecular weight excluding hydrogens is 275 g/mol. The van der Waals surface area contributed by atoms with Gasteiger partial charge in [0.05, 0.1) is 0 Å². The summed E-state index contributed by atoms with van der Waals surface area (Å²) in [6.45, 7) is 11.1. The van der Waals surface area contributed by atoms with Gasteiger partial charge in [-0.1, -0.05) is 34.6 Å². The van der Waals surface area contributed by atoms with Crippen LogP contribution in [-0.4, -0.2) is 6.54 Å². The smallest absolute Gasteiger partial charge is 0.161 e. The third-order valence-electron chi connectivity index (χ3n) is 3.46. The average Bonchev–Trinajstić information content (AvgIpc) is 2.31. The third-order valence-corrected chi connectivity index (χ3v) is 3.46. The zero-order chi connectivity index (χ0) is 16.2. The molecule has 0 saturated carbocycles. The Kier molecular flexibility index (Phi) is 6.26. The topological polar surface area (TPSA) is 12.0 Å². The van der Waals surface area contributed by atoms with E-state index in [0.717, 1.165) is 12.5 Å². The van der Waals surface area contributed by atoms with Crippen molar-refractivity contribution in [3.63, 3.8) is 0 Å². The Morgan fingerprint density at radius 3 is 2.14 bits per heavy atom. The van der Waals surface area contributed by atoms with Crippen molar-refractivity contribution in [2.45, 2.75) is 53.5 Å². The summed E-state index contributed by atoms with van der Waals surface area (Å²) >= 11 is 0. The monoisotopic (exact) mass is 301 g/mol. The maximum atomic E-state index is 13.9. The summed E-state index contributed by atoms with van der Waals surface area (Å²) < 4.78 is 40.4. The normalized spacial score (nSPS) is 15.0. The first-order valence-corrected chi connectivity index (χ1v) is 7.52. The molecule has 0 heterocycles. The fourth-order valence-electron chi connectivity index (χ4n) is 2.90. The molecule has 120 valence electrons. The van der Waals surface area contributed by atoms with Crippen molar-refractivity contribution in [1.82, 2.24) is 5.32 Å². The van der Waals surface area contributed by atoms with Crippen LogP contribution in [0, 0.1) is 28.8 Å². The van der Waals surface area contributed by atoms with E-state index in [2.05, 4.69) is 33.0 Å². The van der Waals surface area contributed by atoms with Gasteiger partial charge in [0.15, 0.2) is 11.6 Å². The van der Waals surface area contributed by atoms with Gasteiger partial charge in [-0.3, -0.25) is 0 Å². The van der Waals surface area contributed by atoms with Crippen LogP contribution in [0.4, 0.5) is 13.2 Å². The zero-order valence-electron chi connectivity index (χ0n) is 13.6. The molecule has 0 saturated heterocycles. The minimum atomic E-state index is -1.14. The van der Waals surface area contributed by atoms with E-state index in [1.54, 1.807) is 0 Å². The van der Waals surface area contributed by atoms with E-state index in [1.165, 1.54) is 0 Å². The first-order chi connectivity index (χ1) is 9.64. The molecule has 0 aliphatic heterocycles. The Labute approximate surface area is 125 Å². The second-order valence-electron chi connectivity index (χ2n) is 7.00. The highest BCUT2D eigenvalue weighted by Gasteiger charge is 2.23. The number of halogens is 3. The summed E-state index contributed by atoms with van der Waals surface area (Å²) in [6, 6.07) is 1.30. The lowest BCUT2D eigenvalue weighted by Crippen LogP contribution is -2.25. The predicted molar refractivity (Wildman–Crippen MR) is 80.6 cm³/mol. The second-order valence-corrected chi connectivity index (χ2v) is 7.00. The summed E-state index contributed by atoms with van der Waals surface area (Å²) in [5.41, 5.74) is 0.388. The number of hydrogen-bond acceptors (Lipinski definition) is 1. The summed E-state index contributed by atoms with van der Waals surface area (Å²) in [5.74, 6) is -2.49. The number of benzene rings is 1. The Morgan fingerprint density at radius 2 is 1.62 bits per heavy atom. The Balaban J connectivity index is 2.94. The van der Waals surface area contributed by atoms with Crippen molar-refractivity contribution in [3.05, 3.63) is 35.1 Å². The van der Waals surface area contributed by atoms with E-state index in [4.69, 9.17) is 0 Å². The lowest BCUT2D eigenvalue weighted by atomic mass is 9.82. The molecule has 0 aliphatic rings. The molecule has 2 unspecified atom stereocenters. The molecule has 1 rings (SSSR count). The van der Waals surface area contributed by atoms with Crippen LogP contribution >= 0.6 is 0 Å². The number of hydrogen-bond donors (Lipinski definition) is 1. The molecule has 0 aromatic heterocycles. The van der Waals surface area contributed by atoms with Gasteiger partial charge >= 0.3 is 0 Å². The van der Waals surface area contributed by atoms with Crippen molar-refractivity contribution in [2.24, 2.45) is 11.3 Å². The fraction of sp³-hybridized carbons (Fsp3) is 0.647. The molecule has 0 spiro atoms. The van der Waals surface area contributed by atoms with Crippen molar-refractivity contribution in [1.29, 1.82) is 0 Å². The summed E-state index contributed by atoms with van der Waals surface area (Å²) in [5, 5.41) is 3.17. The second kappa shape index (κ2) is 7.30. The minimum absolute atomic E-state index is 0.183.